The van der Waals surface area contributed by atoms with Gasteiger partial charge in [0.2, 0.25) is 0 Å². The number of hydrogen-bond donors (Lipinski definition) is 0. The summed E-state index contributed by atoms with van der Waals surface area (Å²) < 4.78 is 64.9. The standard InChI is InChI=1S/C5H14NO.F6P/c1-6(2,3)5-7-4;1-7(2,3,4,5)6/h5H2,1-4H3;/q+1;-1. The summed E-state index contributed by atoms with van der Waals surface area (Å²) in [6.45, 7) is 0.778. The van der Waals surface area contributed by atoms with E-state index in [-0.39, 0.29) is 0 Å². The van der Waals surface area contributed by atoms with Crippen molar-refractivity contribution in [2.24, 2.45) is 0 Å². The second-order valence-electron chi connectivity index (χ2n) is 3.67. The molecule has 0 saturated carbocycles. The van der Waals surface area contributed by atoms with E-state index in [0.29, 0.717) is 0 Å². The Morgan fingerprint density at radius 2 is 1.14 bits per heavy atom. The number of halogens is 6. The molecular formula is C5H14F6NOP. The predicted octanol–water partition coefficient (Wildman–Crippen LogP) is 3.68. The van der Waals surface area contributed by atoms with Crippen LogP contribution in [-0.2, 0) is 4.74 Å². The number of rotatable bonds is 2. The Labute approximate surface area is 78.3 Å². The van der Waals surface area contributed by atoms with Crippen molar-refractivity contribution < 1.29 is 34.4 Å². The molecule has 14 heavy (non-hydrogen) atoms. The minimum atomic E-state index is -10.7. The predicted molar refractivity (Wildman–Crippen MR) is 43.5 cm³/mol. The molecule has 2 nitrogen and oxygen atoms in total. The van der Waals surface area contributed by atoms with E-state index < -0.39 is 7.81 Å². The normalized spacial score (nSPS) is 17.6. The molecule has 0 aliphatic rings. The van der Waals surface area contributed by atoms with Crippen LogP contribution in [0.4, 0.5) is 25.2 Å². The molecule has 0 radical (unpaired) electrons. The van der Waals surface area contributed by atoms with E-state index in [4.69, 9.17) is 4.74 Å². The number of methoxy groups -OCH3 is 1. The minimum absolute atomic E-state index is 0.778. The first-order valence-electron chi connectivity index (χ1n) is 3.37. The third kappa shape index (κ3) is 92.3. The summed E-state index contributed by atoms with van der Waals surface area (Å²) in [5.74, 6) is 0. The van der Waals surface area contributed by atoms with E-state index in [2.05, 4.69) is 21.1 Å². The van der Waals surface area contributed by atoms with Crippen LogP contribution in [-0.4, -0.2) is 39.5 Å². The molecule has 92 valence electrons. The van der Waals surface area contributed by atoms with Gasteiger partial charge in [0, 0.05) is 7.11 Å². The van der Waals surface area contributed by atoms with E-state index in [9.17, 15) is 25.2 Å². The van der Waals surface area contributed by atoms with Crippen LogP contribution in [0.2, 0.25) is 0 Å². The van der Waals surface area contributed by atoms with Crippen LogP contribution in [0.3, 0.4) is 0 Å². The molecule has 9 heteroatoms. The van der Waals surface area contributed by atoms with E-state index >= 15 is 0 Å². The van der Waals surface area contributed by atoms with Crippen LogP contribution >= 0.6 is 7.81 Å². The molecular weight excluding hydrogens is 235 g/mol. The Morgan fingerprint density at radius 3 is 1.14 bits per heavy atom. The Kier molecular flexibility index (Phi) is 4.09. The summed E-state index contributed by atoms with van der Waals surface area (Å²) in [6.07, 6.45) is 0. The van der Waals surface area contributed by atoms with Crippen molar-refractivity contribution in [3.63, 3.8) is 0 Å². The Balaban J connectivity index is 0. The molecule has 0 heterocycles. The van der Waals surface area contributed by atoms with Crippen molar-refractivity contribution in [2.45, 2.75) is 0 Å². The summed E-state index contributed by atoms with van der Waals surface area (Å²) in [6, 6.07) is 0. The van der Waals surface area contributed by atoms with Crippen LogP contribution in [0, 0.1) is 0 Å². The van der Waals surface area contributed by atoms with Gasteiger partial charge in [0.25, 0.3) is 0 Å². The molecule has 0 aliphatic heterocycles. The fourth-order valence-electron chi connectivity index (χ4n) is 0.387. The zero-order valence-electron chi connectivity index (χ0n) is 8.28. The first-order chi connectivity index (χ1) is 5.51. The second-order valence-corrected chi connectivity index (χ2v) is 5.58. The maximum atomic E-state index is 9.87. The molecule has 0 spiro atoms. The quantitative estimate of drug-likeness (QED) is 0.314. The third-order valence-corrected chi connectivity index (χ3v) is 0.516. The van der Waals surface area contributed by atoms with Gasteiger partial charge in [-0.15, -0.1) is 0 Å². The van der Waals surface area contributed by atoms with E-state index in [1.165, 1.54) is 0 Å². The van der Waals surface area contributed by atoms with Crippen molar-refractivity contribution in [3.05, 3.63) is 0 Å². The van der Waals surface area contributed by atoms with Crippen LogP contribution in [0.1, 0.15) is 0 Å². The van der Waals surface area contributed by atoms with Gasteiger partial charge in [-0.2, -0.15) is 0 Å². The zero-order valence-corrected chi connectivity index (χ0v) is 9.17. The zero-order chi connectivity index (χ0) is 12.3. The van der Waals surface area contributed by atoms with Crippen LogP contribution < -0.4 is 0 Å². The summed E-state index contributed by atoms with van der Waals surface area (Å²) in [5.41, 5.74) is 0. The van der Waals surface area contributed by atoms with Crippen molar-refractivity contribution in [3.8, 4) is 0 Å². The molecule has 0 aromatic carbocycles. The number of nitrogens with zero attached hydrogens (tertiary/aromatic N) is 1. The van der Waals surface area contributed by atoms with Gasteiger partial charge < -0.3 is 9.22 Å². The Morgan fingerprint density at radius 1 is 0.929 bits per heavy atom. The van der Waals surface area contributed by atoms with E-state index in [1.807, 2.05) is 0 Å². The van der Waals surface area contributed by atoms with Crippen molar-refractivity contribution in [2.75, 3.05) is 35.0 Å². The third-order valence-electron chi connectivity index (χ3n) is 0.516. The molecule has 0 amide bonds. The second kappa shape index (κ2) is 3.50. The van der Waals surface area contributed by atoms with Gasteiger partial charge in [-0.1, -0.05) is 0 Å². The summed E-state index contributed by atoms with van der Waals surface area (Å²) in [7, 11) is -2.69. The molecule has 0 bridgehead atoms. The van der Waals surface area contributed by atoms with Crippen LogP contribution in [0.25, 0.3) is 0 Å². The van der Waals surface area contributed by atoms with Gasteiger partial charge in [0.05, 0.1) is 21.1 Å². The topological polar surface area (TPSA) is 9.23 Å². The van der Waals surface area contributed by atoms with E-state index in [0.717, 1.165) is 11.2 Å². The van der Waals surface area contributed by atoms with Crippen LogP contribution in [0.5, 0.6) is 0 Å². The molecule has 0 saturated heterocycles. The van der Waals surface area contributed by atoms with Gasteiger partial charge in [-0.3, -0.25) is 0 Å². The van der Waals surface area contributed by atoms with Gasteiger partial charge in [-0.25, -0.2) is 0 Å². The van der Waals surface area contributed by atoms with E-state index in [1.54, 1.807) is 7.11 Å². The maximum absolute atomic E-state index is 10.7. The number of hydrogen-bond acceptors (Lipinski definition) is 1. The molecule has 0 rings (SSSR count). The molecule has 0 aliphatic carbocycles. The summed E-state index contributed by atoms with van der Waals surface area (Å²) >= 11 is 0. The molecule has 0 atom stereocenters. The molecule has 0 N–H and O–H groups in total. The summed E-state index contributed by atoms with van der Waals surface area (Å²) in [4.78, 5) is 0. The fraction of sp³-hybridized carbons (Fsp3) is 1.00. The molecule has 0 aromatic heterocycles. The average Bonchev–Trinajstić information content (AvgIpc) is 1.48. The monoisotopic (exact) mass is 249 g/mol. The summed E-state index contributed by atoms with van der Waals surface area (Å²) in [5, 5.41) is 0. The van der Waals surface area contributed by atoms with Gasteiger partial charge >= 0.3 is 33.0 Å². The molecule has 0 unspecified atom stereocenters. The number of quaternary nitrogens is 1. The first-order valence-corrected chi connectivity index (χ1v) is 5.40. The van der Waals surface area contributed by atoms with Crippen molar-refractivity contribution >= 4 is 7.81 Å². The SMILES string of the molecule is COC[N+](C)(C)C.F[P-](F)(F)(F)(F)F. The molecule has 0 fully saturated rings. The number of ether oxygens (including phenoxy) is 1. The van der Waals surface area contributed by atoms with Crippen molar-refractivity contribution in [1.29, 1.82) is 0 Å². The fourth-order valence-corrected chi connectivity index (χ4v) is 0.387. The molecule has 0 aromatic rings. The first kappa shape index (κ1) is 16.4. The van der Waals surface area contributed by atoms with Gasteiger partial charge in [0.15, 0.2) is 6.73 Å². The van der Waals surface area contributed by atoms with Crippen molar-refractivity contribution in [1.82, 2.24) is 0 Å². The van der Waals surface area contributed by atoms with Crippen LogP contribution in [0.15, 0.2) is 0 Å². The van der Waals surface area contributed by atoms with Gasteiger partial charge in [0.1, 0.15) is 0 Å². The van der Waals surface area contributed by atoms with Gasteiger partial charge in [-0.05, 0) is 0 Å². The Hall–Kier alpha value is -0.0700. The Bertz CT molecular complexity index is 166. The average molecular weight is 249 g/mol.